The van der Waals surface area contributed by atoms with Gasteiger partial charge < -0.3 is 0 Å². The molecule has 1 aliphatic heterocycles. The minimum Gasteiger partial charge on any atom is -0.293 e. The zero-order valence-corrected chi connectivity index (χ0v) is 12.2. The van der Waals surface area contributed by atoms with Gasteiger partial charge in [0.05, 0.1) is 5.25 Å². The molecule has 2 atom stereocenters. The Labute approximate surface area is 112 Å². The highest BCUT2D eigenvalue weighted by atomic mass is 32.2. The Hall–Kier alpha value is -0.410. The van der Waals surface area contributed by atoms with E-state index in [1.807, 2.05) is 42.6 Å². The summed E-state index contributed by atoms with van der Waals surface area (Å²) in [5, 5.41) is 0.567. The number of hydrogen-bond donors (Lipinski definition) is 0. The molecule has 0 N–H and O–H groups in total. The monoisotopic (exact) mass is 266 g/mol. The summed E-state index contributed by atoms with van der Waals surface area (Å²) in [6.45, 7) is 6.27. The lowest BCUT2D eigenvalue weighted by Gasteiger charge is -2.27. The van der Waals surface area contributed by atoms with Crippen LogP contribution in [0.3, 0.4) is 0 Å². The molecule has 1 aromatic rings. The highest BCUT2D eigenvalue weighted by Crippen LogP contribution is 2.33. The van der Waals surface area contributed by atoms with Crippen molar-refractivity contribution in [2.75, 3.05) is 11.5 Å². The summed E-state index contributed by atoms with van der Waals surface area (Å²) in [5.41, 5.74) is 3.23. The molecule has 2 unspecified atom stereocenters. The van der Waals surface area contributed by atoms with Crippen LogP contribution in [0.2, 0.25) is 0 Å². The van der Waals surface area contributed by atoms with E-state index in [2.05, 4.69) is 19.9 Å². The summed E-state index contributed by atoms with van der Waals surface area (Å²) >= 11 is 3.73. The molecule has 0 bridgehead atoms. The summed E-state index contributed by atoms with van der Waals surface area (Å²) < 4.78 is 0. The van der Waals surface area contributed by atoms with Gasteiger partial charge in [0.25, 0.3) is 0 Å². The molecule has 0 aromatic heterocycles. The lowest BCUT2D eigenvalue weighted by molar-refractivity contribution is 0.0989. The first-order valence-electron chi connectivity index (χ1n) is 5.94. The van der Waals surface area contributed by atoms with Crippen LogP contribution in [0.1, 0.15) is 28.4 Å². The van der Waals surface area contributed by atoms with E-state index < -0.39 is 0 Å². The van der Waals surface area contributed by atoms with Gasteiger partial charge >= 0.3 is 0 Å². The van der Waals surface area contributed by atoms with Gasteiger partial charge in [0.2, 0.25) is 0 Å². The fourth-order valence-corrected chi connectivity index (χ4v) is 4.88. The minimum atomic E-state index is 0.134. The number of Topliss-reactive ketones (excluding diaryl/α,β-unsaturated/α-hetero) is 1. The summed E-state index contributed by atoms with van der Waals surface area (Å²) in [5.74, 6) is 2.57. The number of carbonyl (C=O) groups excluding carboxylic acids is 1. The van der Waals surface area contributed by atoms with Gasteiger partial charge in [-0.05, 0) is 19.4 Å². The zero-order valence-electron chi connectivity index (χ0n) is 10.5. The van der Waals surface area contributed by atoms with Gasteiger partial charge in [0, 0.05) is 22.3 Å². The number of benzene rings is 1. The van der Waals surface area contributed by atoms with Gasteiger partial charge in [0.15, 0.2) is 5.78 Å². The quantitative estimate of drug-likeness (QED) is 0.759. The van der Waals surface area contributed by atoms with Crippen molar-refractivity contribution in [3.8, 4) is 0 Å². The van der Waals surface area contributed by atoms with Crippen LogP contribution < -0.4 is 0 Å². The number of thioether (sulfide) groups is 2. The molecule has 1 heterocycles. The number of carbonyl (C=O) groups is 1. The molecule has 92 valence electrons. The molecule has 3 heteroatoms. The lowest BCUT2D eigenvalue weighted by atomic mass is 9.99. The topological polar surface area (TPSA) is 17.1 Å². The summed E-state index contributed by atoms with van der Waals surface area (Å²) in [6.07, 6.45) is 0. The van der Waals surface area contributed by atoms with E-state index in [-0.39, 0.29) is 5.25 Å². The maximum Gasteiger partial charge on any atom is 0.177 e. The van der Waals surface area contributed by atoms with Crippen LogP contribution in [0.15, 0.2) is 18.2 Å². The number of rotatable bonds is 2. The first-order chi connectivity index (χ1) is 8.09. The maximum absolute atomic E-state index is 12.5. The molecule has 0 aliphatic carbocycles. The van der Waals surface area contributed by atoms with Gasteiger partial charge in [0.1, 0.15) is 0 Å². The van der Waals surface area contributed by atoms with E-state index in [1.165, 1.54) is 11.3 Å². The molecule has 17 heavy (non-hydrogen) atoms. The number of ketones is 1. The Morgan fingerprint density at radius 1 is 1.24 bits per heavy atom. The average Bonchev–Trinajstić information content (AvgIpc) is 2.29. The molecule has 0 radical (unpaired) electrons. The van der Waals surface area contributed by atoms with E-state index in [0.29, 0.717) is 11.0 Å². The molecule has 1 aliphatic rings. The van der Waals surface area contributed by atoms with Crippen LogP contribution in [0.5, 0.6) is 0 Å². The number of hydrogen-bond acceptors (Lipinski definition) is 3. The normalized spacial score (nSPS) is 24.6. The van der Waals surface area contributed by atoms with E-state index in [9.17, 15) is 4.79 Å². The Morgan fingerprint density at radius 3 is 2.59 bits per heavy atom. The summed E-state index contributed by atoms with van der Waals surface area (Å²) in [7, 11) is 0. The average molecular weight is 266 g/mol. The highest BCUT2D eigenvalue weighted by molar-refractivity contribution is 8.07. The summed E-state index contributed by atoms with van der Waals surface area (Å²) in [4.78, 5) is 12.5. The van der Waals surface area contributed by atoms with Crippen molar-refractivity contribution in [2.45, 2.75) is 31.3 Å². The predicted molar refractivity (Wildman–Crippen MR) is 78.4 cm³/mol. The van der Waals surface area contributed by atoms with E-state index >= 15 is 0 Å². The van der Waals surface area contributed by atoms with Crippen molar-refractivity contribution in [3.63, 3.8) is 0 Å². The number of aryl methyl sites for hydroxylation is 2. The second-order valence-corrected chi connectivity index (χ2v) is 7.28. The van der Waals surface area contributed by atoms with Gasteiger partial charge in [-0.3, -0.25) is 4.79 Å². The third-order valence-electron chi connectivity index (χ3n) is 3.09. The van der Waals surface area contributed by atoms with Crippen LogP contribution in [-0.2, 0) is 0 Å². The Balaban J connectivity index is 2.24. The Kier molecular flexibility index (Phi) is 4.21. The van der Waals surface area contributed by atoms with Crippen LogP contribution in [0, 0.1) is 13.8 Å². The predicted octanol–water partition coefficient (Wildman–Crippen LogP) is 3.72. The largest absolute Gasteiger partial charge is 0.293 e. The van der Waals surface area contributed by atoms with Crippen LogP contribution in [-0.4, -0.2) is 27.8 Å². The third-order valence-corrected chi connectivity index (χ3v) is 6.18. The molecule has 0 saturated carbocycles. The Bertz CT molecular complexity index is 428. The molecular weight excluding hydrogens is 248 g/mol. The molecule has 1 saturated heterocycles. The van der Waals surface area contributed by atoms with E-state index in [0.717, 1.165) is 16.9 Å². The van der Waals surface area contributed by atoms with E-state index in [4.69, 9.17) is 0 Å². The molecule has 1 nitrogen and oxygen atoms in total. The smallest absolute Gasteiger partial charge is 0.177 e. The lowest BCUT2D eigenvalue weighted by Crippen LogP contribution is -2.31. The Morgan fingerprint density at radius 2 is 1.94 bits per heavy atom. The molecule has 1 aromatic carbocycles. The molecule has 0 spiro atoms. The first kappa shape index (κ1) is 13.0. The third kappa shape index (κ3) is 2.89. The second-order valence-electron chi connectivity index (χ2n) is 4.55. The van der Waals surface area contributed by atoms with Gasteiger partial charge in [-0.25, -0.2) is 0 Å². The molecular formula is C14H18OS2. The van der Waals surface area contributed by atoms with Crippen molar-refractivity contribution in [1.82, 2.24) is 0 Å². The van der Waals surface area contributed by atoms with Gasteiger partial charge in [-0.2, -0.15) is 11.8 Å². The zero-order chi connectivity index (χ0) is 12.4. The van der Waals surface area contributed by atoms with E-state index in [1.54, 1.807) is 0 Å². The SMILES string of the molecule is Cc1ccc(C(=O)C2SCCSC2C)c(C)c1. The fraction of sp³-hybridized carbons (Fsp3) is 0.500. The van der Waals surface area contributed by atoms with Crippen molar-refractivity contribution in [1.29, 1.82) is 0 Å². The standard InChI is InChI=1S/C14H18OS2/c1-9-4-5-12(10(2)8-9)13(15)14-11(3)16-6-7-17-14/h4-5,8,11,14H,6-7H2,1-3H3. The first-order valence-corrected chi connectivity index (χ1v) is 8.04. The maximum atomic E-state index is 12.5. The van der Waals surface area contributed by atoms with Gasteiger partial charge in [-0.1, -0.05) is 30.7 Å². The second kappa shape index (κ2) is 5.49. The van der Waals surface area contributed by atoms with Crippen LogP contribution in [0.4, 0.5) is 0 Å². The van der Waals surface area contributed by atoms with Crippen molar-refractivity contribution in [2.24, 2.45) is 0 Å². The molecule has 0 amide bonds. The fourth-order valence-electron chi connectivity index (χ4n) is 2.16. The summed E-state index contributed by atoms with van der Waals surface area (Å²) in [6, 6.07) is 6.11. The minimum absolute atomic E-state index is 0.134. The van der Waals surface area contributed by atoms with Crippen molar-refractivity contribution >= 4 is 29.3 Å². The molecule has 1 fully saturated rings. The highest BCUT2D eigenvalue weighted by Gasteiger charge is 2.30. The molecule has 2 rings (SSSR count). The van der Waals surface area contributed by atoms with Crippen LogP contribution >= 0.6 is 23.5 Å². The van der Waals surface area contributed by atoms with Crippen molar-refractivity contribution in [3.05, 3.63) is 34.9 Å². The van der Waals surface area contributed by atoms with Crippen LogP contribution in [0.25, 0.3) is 0 Å². The van der Waals surface area contributed by atoms with Crippen molar-refractivity contribution < 1.29 is 4.79 Å². The van der Waals surface area contributed by atoms with Gasteiger partial charge in [-0.15, -0.1) is 11.8 Å².